The quantitative estimate of drug-likeness (QED) is 0.565. The monoisotopic (exact) mass is 454 g/mol. The number of hydrogen-bond acceptors (Lipinski definition) is 8. The van der Waals surface area contributed by atoms with Gasteiger partial charge in [0.05, 0.1) is 0 Å². The van der Waals surface area contributed by atoms with Gasteiger partial charge < -0.3 is 14.8 Å². The van der Waals surface area contributed by atoms with Crippen LogP contribution in [0.3, 0.4) is 0 Å². The number of carbonyl (C=O) groups is 1. The summed E-state index contributed by atoms with van der Waals surface area (Å²) in [5.41, 5.74) is 2.15. The van der Waals surface area contributed by atoms with E-state index in [0.717, 1.165) is 42.3 Å². The minimum Gasteiger partial charge on any atom is -0.454 e. The largest absolute Gasteiger partial charge is 0.454 e. The molecule has 2 aromatic carbocycles. The molecule has 0 unspecified atom stereocenters. The van der Waals surface area contributed by atoms with E-state index in [0.29, 0.717) is 10.9 Å². The van der Waals surface area contributed by atoms with E-state index < -0.39 is 0 Å². The van der Waals surface area contributed by atoms with Crippen LogP contribution in [-0.2, 0) is 4.79 Å². The van der Waals surface area contributed by atoms with E-state index in [1.54, 1.807) is 11.9 Å². The molecule has 0 saturated carbocycles. The summed E-state index contributed by atoms with van der Waals surface area (Å²) in [5, 5.41) is 12.6. The van der Waals surface area contributed by atoms with E-state index >= 15 is 0 Å². The fourth-order valence-corrected chi connectivity index (χ4v) is 5.28. The summed E-state index contributed by atoms with van der Waals surface area (Å²) >= 11 is 3.12. The number of benzene rings is 2. The topological polar surface area (TPSA) is 76.6 Å². The van der Waals surface area contributed by atoms with Crippen LogP contribution in [-0.4, -0.2) is 40.3 Å². The second kappa shape index (κ2) is 8.86. The smallest absolute Gasteiger partial charge is 0.231 e. The van der Waals surface area contributed by atoms with Crippen molar-refractivity contribution in [2.45, 2.75) is 24.7 Å². The van der Waals surface area contributed by atoms with Crippen LogP contribution in [0.5, 0.6) is 11.5 Å². The molecule has 3 aromatic rings. The van der Waals surface area contributed by atoms with Crippen LogP contribution in [0, 0.1) is 12.8 Å². The van der Waals surface area contributed by atoms with Crippen LogP contribution in [0.2, 0.25) is 0 Å². The average Bonchev–Trinajstić information content (AvgIpc) is 3.45. The lowest BCUT2D eigenvalue weighted by Crippen LogP contribution is -2.34. The number of aromatic nitrogens is 2. The highest BCUT2D eigenvalue weighted by molar-refractivity contribution is 7.97. The molecule has 31 heavy (non-hydrogen) atoms. The Bertz CT molecular complexity index is 1080. The Kier molecular flexibility index (Phi) is 5.80. The number of nitrogens with one attached hydrogen (secondary N) is 1. The van der Waals surface area contributed by atoms with Crippen LogP contribution < -0.4 is 14.8 Å². The van der Waals surface area contributed by atoms with Crippen molar-refractivity contribution in [1.82, 2.24) is 14.5 Å². The predicted octanol–water partition coefficient (Wildman–Crippen LogP) is 4.60. The molecular formula is C22H22N4O3S2. The van der Waals surface area contributed by atoms with Crippen molar-refractivity contribution in [1.29, 1.82) is 0 Å². The number of nitrogens with zero attached hydrogens (tertiary/aromatic N) is 3. The van der Waals surface area contributed by atoms with Gasteiger partial charge in [-0.1, -0.05) is 29.0 Å². The van der Waals surface area contributed by atoms with Crippen LogP contribution in [0.4, 0.5) is 5.13 Å². The Hall–Kier alpha value is -2.62. The zero-order valence-corrected chi connectivity index (χ0v) is 18.7. The first-order chi connectivity index (χ1) is 15.1. The molecule has 1 amide bonds. The first kappa shape index (κ1) is 20.3. The van der Waals surface area contributed by atoms with Crippen LogP contribution in [0.25, 0.3) is 10.6 Å². The number of anilines is 1. The van der Waals surface area contributed by atoms with Crippen molar-refractivity contribution in [2.24, 2.45) is 5.92 Å². The minimum absolute atomic E-state index is 0.00670. The Morgan fingerprint density at radius 1 is 1.10 bits per heavy atom. The zero-order chi connectivity index (χ0) is 21.2. The fourth-order valence-electron chi connectivity index (χ4n) is 3.58. The molecule has 3 heterocycles. The summed E-state index contributed by atoms with van der Waals surface area (Å²) in [4.78, 5) is 14.0. The van der Waals surface area contributed by atoms with Gasteiger partial charge in [-0.05, 0) is 62.0 Å². The van der Waals surface area contributed by atoms with Gasteiger partial charge in [0.2, 0.25) is 17.8 Å². The first-order valence-electron chi connectivity index (χ1n) is 10.2. The van der Waals surface area contributed by atoms with Gasteiger partial charge in [-0.2, -0.15) is 0 Å². The number of carbonyl (C=O) groups excluding carboxylic acids is 1. The number of fused-ring (bicyclic) bond motifs is 1. The maximum absolute atomic E-state index is 12.7. The molecule has 160 valence electrons. The average molecular weight is 455 g/mol. The SMILES string of the molecule is Cc1ccc(SN2CCC(C(=O)Nc3nnc(-c4ccc5c(c4)OCO5)s3)CC2)cc1. The number of aryl methyl sites for hydroxylation is 1. The number of rotatable bonds is 5. The normalized spacial score (nSPS) is 16.4. The lowest BCUT2D eigenvalue weighted by atomic mass is 9.97. The molecule has 0 bridgehead atoms. The fraction of sp³-hybridized carbons (Fsp3) is 0.318. The molecule has 0 aliphatic carbocycles. The summed E-state index contributed by atoms with van der Waals surface area (Å²) in [5.74, 6) is 1.45. The number of amides is 1. The Balaban J connectivity index is 1.15. The summed E-state index contributed by atoms with van der Waals surface area (Å²) in [6.07, 6.45) is 1.66. The van der Waals surface area contributed by atoms with Gasteiger partial charge in [0.1, 0.15) is 5.01 Å². The third-order valence-electron chi connectivity index (χ3n) is 5.35. The summed E-state index contributed by atoms with van der Waals surface area (Å²) < 4.78 is 13.1. The maximum Gasteiger partial charge on any atom is 0.231 e. The predicted molar refractivity (Wildman–Crippen MR) is 121 cm³/mol. The van der Waals surface area contributed by atoms with Crippen molar-refractivity contribution < 1.29 is 14.3 Å². The molecular weight excluding hydrogens is 432 g/mol. The second-order valence-electron chi connectivity index (χ2n) is 7.58. The number of hydrogen-bond donors (Lipinski definition) is 1. The molecule has 2 aliphatic rings. The van der Waals surface area contributed by atoms with E-state index in [1.807, 2.05) is 18.2 Å². The zero-order valence-electron chi connectivity index (χ0n) is 17.0. The highest BCUT2D eigenvalue weighted by Crippen LogP contribution is 2.37. The van der Waals surface area contributed by atoms with Crippen molar-refractivity contribution in [3.8, 4) is 22.1 Å². The van der Waals surface area contributed by atoms with Gasteiger partial charge in [-0.15, -0.1) is 10.2 Å². The highest BCUT2D eigenvalue weighted by atomic mass is 32.2. The lowest BCUT2D eigenvalue weighted by molar-refractivity contribution is -0.120. The summed E-state index contributed by atoms with van der Waals surface area (Å²) in [6.45, 7) is 4.09. The van der Waals surface area contributed by atoms with Gasteiger partial charge in [-0.25, -0.2) is 4.31 Å². The van der Waals surface area contributed by atoms with E-state index in [9.17, 15) is 4.79 Å². The second-order valence-corrected chi connectivity index (χ2v) is 9.73. The van der Waals surface area contributed by atoms with E-state index in [1.165, 1.54) is 21.8 Å². The third kappa shape index (κ3) is 4.68. The molecule has 1 saturated heterocycles. The van der Waals surface area contributed by atoms with Crippen molar-refractivity contribution in [3.05, 3.63) is 48.0 Å². The van der Waals surface area contributed by atoms with Crippen molar-refractivity contribution >= 4 is 34.3 Å². The third-order valence-corrected chi connectivity index (χ3v) is 7.35. The lowest BCUT2D eigenvalue weighted by Gasteiger charge is -2.30. The van der Waals surface area contributed by atoms with Gasteiger partial charge in [0.15, 0.2) is 11.5 Å². The number of piperidine rings is 1. The molecule has 1 aromatic heterocycles. The van der Waals surface area contributed by atoms with E-state index in [-0.39, 0.29) is 18.6 Å². The Morgan fingerprint density at radius 3 is 2.68 bits per heavy atom. The summed E-state index contributed by atoms with van der Waals surface area (Å²) in [6, 6.07) is 14.2. The van der Waals surface area contributed by atoms with Gasteiger partial charge in [0.25, 0.3) is 0 Å². The van der Waals surface area contributed by atoms with Crippen LogP contribution >= 0.6 is 23.3 Å². The maximum atomic E-state index is 12.7. The van der Waals surface area contributed by atoms with Crippen LogP contribution in [0.15, 0.2) is 47.4 Å². The Morgan fingerprint density at radius 2 is 1.87 bits per heavy atom. The molecule has 0 spiro atoms. The number of ether oxygens (including phenoxy) is 2. The Labute approximate surface area is 188 Å². The standard InChI is InChI=1S/C22H22N4O3S2/c1-14-2-5-17(6-3-14)31-26-10-8-15(9-11-26)20(27)23-22-25-24-21(30-22)16-4-7-18-19(12-16)29-13-28-18/h2-7,12,15H,8-11,13H2,1H3,(H,23,25,27). The van der Waals surface area contributed by atoms with Gasteiger partial charge in [-0.3, -0.25) is 4.79 Å². The van der Waals surface area contributed by atoms with E-state index in [2.05, 4.69) is 51.0 Å². The summed E-state index contributed by atoms with van der Waals surface area (Å²) in [7, 11) is 0. The van der Waals surface area contributed by atoms with Crippen LogP contribution in [0.1, 0.15) is 18.4 Å². The molecule has 9 heteroatoms. The molecule has 2 aliphatic heterocycles. The van der Waals surface area contributed by atoms with Crippen molar-refractivity contribution in [2.75, 3.05) is 25.2 Å². The molecule has 7 nitrogen and oxygen atoms in total. The van der Waals surface area contributed by atoms with Gasteiger partial charge >= 0.3 is 0 Å². The molecule has 1 N–H and O–H groups in total. The molecule has 5 rings (SSSR count). The first-order valence-corrected chi connectivity index (χ1v) is 11.8. The molecule has 1 fully saturated rings. The molecule has 0 radical (unpaired) electrons. The minimum atomic E-state index is -0.00670. The van der Waals surface area contributed by atoms with Crippen molar-refractivity contribution in [3.63, 3.8) is 0 Å². The van der Waals surface area contributed by atoms with E-state index in [4.69, 9.17) is 9.47 Å². The molecule has 0 atom stereocenters. The van der Waals surface area contributed by atoms with Gasteiger partial charge in [0, 0.05) is 29.5 Å². The highest BCUT2D eigenvalue weighted by Gasteiger charge is 2.26.